The molecule has 2 nitrogen and oxygen atoms in total. The molecule has 0 aliphatic rings. The van der Waals surface area contributed by atoms with Gasteiger partial charge in [0.05, 0.1) is 0 Å². The largest absolute Gasteiger partial charge is 0.311 e. The van der Waals surface area contributed by atoms with Gasteiger partial charge in [0.15, 0.2) is 0 Å². The van der Waals surface area contributed by atoms with Crippen LogP contribution in [0.15, 0.2) is 24.3 Å². The molecule has 0 saturated carbocycles. The molecule has 1 N–H and O–H groups in total. The van der Waals surface area contributed by atoms with Gasteiger partial charge in [0.1, 0.15) is 0 Å². The second kappa shape index (κ2) is 7.06. The summed E-state index contributed by atoms with van der Waals surface area (Å²) in [6.45, 7) is 13.1. The number of hydrogen-bond acceptors (Lipinski definition) is 2. The molecule has 0 fully saturated rings. The van der Waals surface area contributed by atoms with Crippen LogP contribution in [0.1, 0.15) is 45.2 Å². The lowest BCUT2D eigenvalue weighted by Gasteiger charge is -2.31. The molecule has 0 amide bonds. The lowest BCUT2D eigenvalue weighted by atomic mass is 10.1. The molecule has 1 rings (SSSR count). The Labute approximate surface area is 119 Å². The van der Waals surface area contributed by atoms with Crippen molar-refractivity contribution in [3.05, 3.63) is 35.4 Å². The van der Waals surface area contributed by atoms with Crippen molar-refractivity contribution in [1.29, 1.82) is 0 Å². The topological polar surface area (TPSA) is 15.3 Å². The van der Waals surface area contributed by atoms with Crippen molar-refractivity contribution >= 4 is 0 Å². The molecule has 2 heteroatoms. The van der Waals surface area contributed by atoms with Gasteiger partial charge >= 0.3 is 0 Å². The van der Waals surface area contributed by atoms with Crippen LogP contribution in [0.25, 0.3) is 0 Å². The van der Waals surface area contributed by atoms with Crippen molar-refractivity contribution in [1.82, 2.24) is 10.2 Å². The Kier molecular flexibility index (Phi) is 6.02. The van der Waals surface area contributed by atoms with E-state index in [0.717, 1.165) is 13.1 Å². The van der Waals surface area contributed by atoms with Crippen molar-refractivity contribution in [2.75, 3.05) is 13.6 Å². The fourth-order valence-corrected chi connectivity index (χ4v) is 2.15. The summed E-state index contributed by atoms with van der Waals surface area (Å²) in [6.07, 6.45) is 1.17. The van der Waals surface area contributed by atoms with Crippen LogP contribution in [0.4, 0.5) is 0 Å². The van der Waals surface area contributed by atoms with Crippen LogP contribution >= 0.6 is 0 Å². The molecular weight excluding hydrogens is 232 g/mol. The van der Waals surface area contributed by atoms with Gasteiger partial charge in [0.25, 0.3) is 0 Å². The van der Waals surface area contributed by atoms with Crippen molar-refractivity contribution in [3.63, 3.8) is 0 Å². The summed E-state index contributed by atoms with van der Waals surface area (Å²) >= 11 is 0. The minimum atomic E-state index is 0.193. The van der Waals surface area contributed by atoms with Crippen molar-refractivity contribution in [3.8, 4) is 0 Å². The molecule has 1 aromatic carbocycles. The van der Waals surface area contributed by atoms with Crippen molar-refractivity contribution in [2.24, 2.45) is 0 Å². The normalized spacial score (nSPS) is 13.8. The van der Waals surface area contributed by atoms with E-state index in [2.05, 4.69) is 76.1 Å². The Bertz CT molecular complexity index is 362. The lowest BCUT2D eigenvalue weighted by Crippen LogP contribution is -2.46. The van der Waals surface area contributed by atoms with Gasteiger partial charge in [-0.3, -0.25) is 4.90 Å². The molecule has 0 aliphatic carbocycles. The van der Waals surface area contributed by atoms with Gasteiger partial charge in [-0.25, -0.2) is 0 Å². The summed E-state index contributed by atoms with van der Waals surface area (Å²) in [5.41, 5.74) is 2.91. The molecule has 108 valence electrons. The Hall–Kier alpha value is -0.860. The number of likely N-dealkylation sites (N-methyl/N-ethyl adjacent to an activating group) is 1. The smallest absolute Gasteiger partial charge is 0.0234 e. The third kappa shape index (κ3) is 6.22. The molecule has 1 unspecified atom stereocenters. The highest BCUT2D eigenvalue weighted by Gasteiger charge is 2.16. The van der Waals surface area contributed by atoms with E-state index in [1.807, 2.05) is 0 Å². The summed E-state index contributed by atoms with van der Waals surface area (Å²) in [6, 6.07) is 9.43. The minimum absolute atomic E-state index is 0.193. The van der Waals surface area contributed by atoms with E-state index in [-0.39, 0.29) is 5.54 Å². The van der Waals surface area contributed by atoms with Crippen molar-refractivity contribution < 1.29 is 0 Å². The first kappa shape index (κ1) is 16.2. The molecule has 1 aromatic rings. The lowest BCUT2D eigenvalue weighted by molar-refractivity contribution is 0.208. The number of nitrogens with one attached hydrogen (secondary N) is 1. The maximum atomic E-state index is 3.61. The standard InChI is InChI=1S/C17H30N2/c1-7-16(12-18-17(3,4)5)19(6)13-15-10-8-14(2)9-11-15/h8-11,16,18H,7,12-13H2,1-6H3. The second-order valence-electron chi connectivity index (χ2n) is 6.59. The number of benzene rings is 1. The average molecular weight is 262 g/mol. The predicted octanol–water partition coefficient (Wildman–Crippen LogP) is 3.59. The fraction of sp³-hybridized carbons (Fsp3) is 0.647. The number of nitrogens with zero attached hydrogens (tertiary/aromatic N) is 1. The molecule has 0 aromatic heterocycles. The first-order valence-corrected chi connectivity index (χ1v) is 7.32. The van der Waals surface area contributed by atoms with Crippen LogP contribution in [-0.2, 0) is 6.54 Å². The van der Waals surface area contributed by atoms with Gasteiger partial charge in [-0.15, -0.1) is 0 Å². The molecule has 0 bridgehead atoms. The Morgan fingerprint density at radius 1 is 1.16 bits per heavy atom. The highest BCUT2D eigenvalue weighted by molar-refractivity contribution is 5.21. The zero-order valence-corrected chi connectivity index (χ0v) is 13.5. The SMILES string of the molecule is CCC(CNC(C)(C)C)N(C)Cc1ccc(C)cc1. The zero-order valence-electron chi connectivity index (χ0n) is 13.5. The van der Waals surface area contributed by atoms with E-state index in [1.165, 1.54) is 17.5 Å². The van der Waals surface area contributed by atoms with Gasteiger partial charge in [-0.2, -0.15) is 0 Å². The van der Waals surface area contributed by atoms with Crippen LogP contribution in [0.3, 0.4) is 0 Å². The maximum Gasteiger partial charge on any atom is 0.0234 e. The van der Waals surface area contributed by atoms with Gasteiger partial charge in [0.2, 0.25) is 0 Å². The van der Waals surface area contributed by atoms with Crippen molar-refractivity contribution in [2.45, 2.75) is 59.2 Å². The van der Waals surface area contributed by atoms with Crippen LogP contribution in [0.2, 0.25) is 0 Å². The predicted molar refractivity (Wildman–Crippen MR) is 84.5 cm³/mol. The fourth-order valence-electron chi connectivity index (χ4n) is 2.15. The van der Waals surface area contributed by atoms with E-state index in [9.17, 15) is 0 Å². The van der Waals surface area contributed by atoms with Gasteiger partial charge < -0.3 is 5.32 Å². The van der Waals surface area contributed by atoms with Crippen LogP contribution in [0.5, 0.6) is 0 Å². The second-order valence-corrected chi connectivity index (χ2v) is 6.59. The van der Waals surface area contributed by atoms with E-state index in [4.69, 9.17) is 0 Å². The van der Waals surface area contributed by atoms with Gasteiger partial charge in [-0.1, -0.05) is 36.8 Å². The Morgan fingerprint density at radius 2 is 1.74 bits per heavy atom. The monoisotopic (exact) mass is 262 g/mol. The van der Waals surface area contributed by atoms with E-state index in [0.29, 0.717) is 6.04 Å². The molecule has 0 saturated heterocycles. The van der Waals surface area contributed by atoms with E-state index < -0.39 is 0 Å². The molecule has 0 aliphatic heterocycles. The Balaban J connectivity index is 2.53. The number of aryl methyl sites for hydroxylation is 1. The summed E-state index contributed by atoms with van der Waals surface area (Å²) in [4.78, 5) is 2.45. The maximum absolute atomic E-state index is 3.61. The molecule has 0 spiro atoms. The molecule has 0 heterocycles. The third-order valence-corrected chi connectivity index (χ3v) is 3.52. The first-order valence-electron chi connectivity index (χ1n) is 7.32. The highest BCUT2D eigenvalue weighted by atomic mass is 15.2. The molecule has 19 heavy (non-hydrogen) atoms. The van der Waals surface area contributed by atoms with Crippen LogP contribution < -0.4 is 5.32 Å². The zero-order chi connectivity index (χ0) is 14.5. The summed E-state index contributed by atoms with van der Waals surface area (Å²) in [5, 5.41) is 3.61. The molecular formula is C17H30N2. The van der Waals surface area contributed by atoms with Gasteiger partial charge in [0, 0.05) is 24.7 Å². The highest BCUT2D eigenvalue weighted by Crippen LogP contribution is 2.10. The Morgan fingerprint density at radius 3 is 2.21 bits per heavy atom. The number of hydrogen-bond donors (Lipinski definition) is 1. The van der Waals surface area contributed by atoms with Gasteiger partial charge in [-0.05, 0) is 46.7 Å². The average Bonchev–Trinajstić information content (AvgIpc) is 2.31. The molecule has 0 radical (unpaired) electrons. The summed E-state index contributed by atoms with van der Waals surface area (Å²) in [5.74, 6) is 0. The quantitative estimate of drug-likeness (QED) is 0.843. The first-order chi connectivity index (χ1) is 8.81. The summed E-state index contributed by atoms with van der Waals surface area (Å²) < 4.78 is 0. The third-order valence-electron chi connectivity index (χ3n) is 3.52. The van der Waals surface area contributed by atoms with Crippen LogP contribution in [-0.4, -0.2) is 30.1 Å². The number of rotatable bonds is 6. The van der Waals surface area contributed by atoms with E-state index in [1.54, 1.807) is 0 Å². The van der Waals surface area contributed by atoms with E-state index >= 15 is 0 Å². The van der Waals surface area contributed by atoms with Crippen LogP contribution in [0, 0.1) is 6.92 Å². The minimum Gasteiger partial charge on any atom is -0.311 e. The summed E-state index contributed by atoms with van der Waals surface area (Å²) in [7, 11) is 2.22. The molecule has 1 atom stereocenters.